The van der Waals surface area contributed by atoms with Crippen LogP contribution in [0, 0.1) is 6.92 Å². The molecule has 0 fully saturated rings. The van der Waals surface area contributed by atoms with Crippen LogP contribution in [0.25, 0.3) is 0 Å². The third-order valence-corrected chi connectivity index (χ3v) is 5.46. The molecule has 2 N–H and O–H groups in total. The largest absolute Gasteiger partial charge is 0.489 e. The highest BCUT2D eigenvalue weighted by atomic mass is 35.5. The lowest BCUT2D eigenvalue weighted by atomic mass is 10.1. The summed E-state index contributed by atoms with van der Waals surface area (Å²) >= 11 is 6.35. The Balaban J connectivity index is 2.17. The number of benzene rings is 2. The molecular weight excluding hydrogens is 486 g/mol. The van der Waals surface area contributed by atoms with Crippen LogP contribution in [0.15, 0.2) is 57.0 Å². The number of ether oxygens (including phenoxy) is 2. The molecule has 0 bridgehead atoms. The predicted molar refractivity (Wildman–Crippen MR) is 137 cm³/mol. The van der Waals surface area contributed by atoms with E-state index in [9.17, 15) is 14.4 Å². The molecule has 11 heteroatoms. The van der Waals surface area contributed by atoms with Gasteiger partial charge in [-0.05, 0) is 51.5 Å². The fourth-order valence-electron chi connectivity index (χ4n) is 3.44. The summed E-state index contributed by atoms with van der Waals surface area (Å²) in [5.74, 6) is 6.09. The van der Waals surface area contributed by atoms with Crippen LogP contribution in [0.3, 0.4) is 0 Å². The Kier molecular flexibility index (Phi) is 8.76. The Hall–Kier alpha value is -3.79. The monoisotopic (exact) mass is 515 g/mol. The van der Waals surface area contributed by atoms with Gasteiger partial charge in [-0.1, -0.05) is 41.4 Å². The van der Waals surface area contributed by atoms with Crippen molar-refractivity contribution in [2.75, 3.05) is 12.4 Å². The van der Waals surface area contributed by atoms with Crippen molar-refractivity contribution >= 4 is 23.3 Å². The molecule has 36 heavy (non-hydrogen) atoms. The summed E-state index contributed by atoms with van der Waals surface area (Å²) in [5, 5.41) is 0.323. The number of nitrogen functional groups attached to an aromatic ring is 1. The molecule has 10 nitrogen and oxygen atoms in total. The maximum absolute atomic E-state index is 13.4. The van der Waals surface area contributed by atoms with Crippen molar-refractivity contribution in [1.82, 2.24) is 13.8 Å². The van der Waals surface area contributed by atoms with Crippen LogP contribution in [-0.4, -0.2) is 32.5 Å². The molecule has 0 aliphatic heterocycles. The molecule has 0 aliphatic carbocycles. The topological polar surface area (TPSA) is 123 Å². The minimum atomic E-state index is -0.811. The number of hydrogen-bond donors (Lipinski definition) is 1. The van der Waals surface area contributed by atoms with E-state index in [0.29, 0.717) is 16.5 Å². The lowest BCUT2D eigenvalue weighted by Gasteiger charge is -2.14. The van der Waals surface area contributed by atoms with Crippen LogP contribution >= 0.6 is 11.6 Å². The van der Waals surface area contributed by atoms with Gasteiger partial charge in [0.1, 0.15) is 5.75 Å². The van der Waals surface area contributed by atoms with Crippen molar-refractivity contribution < 1.29 is 14.3 Å². The average molecular weight is 516 g/mol. The maximum atomic E-state index is 13.4. The summed E-state index contributed by atoms with van der Waals surface area (Å²) in [7, 11) is 0. The zero-order valence-electron chi connectivity index (χ0n) is 20.7. The Bertz CT molecular complexity index is 1420. The Morgan fingerprint density at radius 2 is 1.78 bits per heavy atom. The fraction of sp³-hybridized carbons (Fsp3) is 0.360. The van der Waals surface area contributed by atoms with Crippen LogP contribution < -0.4 is 27.6 Å². The van der Waals surface area contributed by atoms with E-state index in [2.05, 4.69) is 4.99 Å². The first-order chi connectivity index (χ1) is 17.1. The predicted octanol–water partition coefficient (Wildman–Crippen LogP) is 2.51. The van der Waals surface area contributed by atoms with Crippen molar-refractivity contribution in [3.63, 3.8) is 0 Å². The van der Waals surface area contributed by atoms with Gasteiger partial charge in [-0.2, -0.15) is 4.68 Å². The molecule has 0 aliphatic rings. The molecule has 2 aromatic carbocycles. The molecule has 0 amide bonds. The standard InChI is InChI=1S/C25H30ClN5O5/c1-5-35-22(32)12-13-29-24(33)30(15-18-8-6-17(4)7-9-18)23(31(27)25(29)34)28-19-10-11-21(20(26)14-19)36-16(2)3/h6-11,14,16H,5,12-13,15,27H2,1-4H3/b28-23-. The number of nitrogens with two attached hydrogens (primary N) is 1. The number of carbonyl (C=O) groups is 1. The van der Waals surface area contributed by atoms with Crippen molar-refractivity contribution in [3.05, 3.63) is 85.2 Å². The van der Waals surface area contributed by atoms with Crippen LogP contribution in [-0.2, 0) is 22.6 Å². The van der Waals surface area contributed by atoms with Gasteiger partial charge in [-0.3, -0.25) is 9.36 Å². The average Bonchev–Trinajstić information content (AvgIpc) is 2.82. The molecule has 0 saturated heterocycles. The first-order valence-corrected chi connectivity index (χ1v) is 11.9. The minimum Gasteiger partial charge on any atom is -0.489 e. The molecule has 3 rings (SSSR count). The number of aryl methyl sites for hydroxylation is 1. The Morgan fingerprint density at radius 1 is 1.08 bits per heavy atom. The highest BCUT2D eigenvalue weighted by Crippen LogP contribution is 2.29. The molecule has 0 atom stereocenters. The Labute approximate surface area is 213 Å². The van der Waals surface area contributed by atoms with Crippen LogP contribution in [0.2, 0.25) is 5.02 Å². The summed E-state index contributed by atoms with van der Waals surface area (Å²) < 4.78 is 13.5. The molecule has 1 aromatic heterocycles. The van der Waals surface area contributed by atoms with Gasteiger partial charge < -0.3 is 15.3 Å². The first kappa shape index (κ1) is 26.8. The van der Waals surface area contributed by atoms with Gasteiger partial charge in [0, 0.05) is 6.54 Å². The zero-order chi connectivity index (χ0) is 26.4. The van der Waals surface area contributed by atoms with Crippen molar-refractivity contribution in [3.8, 4) is 5.75 Å². The lowest BCUT2D eigenvalue weighted by Crippen LogP contribution is -2.57. The zero-order valence-corrected chi connectivity index (χ0v) is 21.5. The highest BCUT2D eigenvalue weighted by molar-refractivity contribution is 6.32. The van der Waals surface area contributed by atoms with Gasteiger partial charge in [-0.25, -0.2) is 19.1 Å². The highest BCUT2D eigenvalue weighted by Gasteiger charge is 2.15. The van der Waals surface area contributed by atoms with Gasteiger partial charge in [-0.15, -0.1) is 0 Å². The summed E-state index contributed by atoms with van der Waals surface area (Å²) in [4.78, 5) is 42.7. The second-order valence-corrected chi connectivity index (χ2v) is 8.81. The summed E-state index contributed by atoms with van der Waals surface area (Å²) in [5.41, 5.74) is 0.684. The second-order valence-electron chi connectivity index (χ2n) is 8.41. The molecule has 1 heterocycles. The van der Waals surface area contributed by atoms with Gasteiger partial charge >= 0.3 is 17.3 Å². The normalized spacial score (nSPS) is 11.7. The van der Waals surface area contributed by atoms with E-state index < -0.39 is 17.3 Å². The molecule has 192 valence electrons. The number of halogens is 1. The van der Waals surface area contributed by atoms with Gasteiger partial charge in [0.05, 0.1) is 36.4 Å². The molecule has 0 unspecified atom stereocenters. The fourth-order valence-corrected chi connectivity index (χ4v) is 3.66. The van der Waals surface area contributed by atoms with E-state index in [1.54, 1.807) is 25.1 Å². The third kappa shape index (κ3) is 6.45. The SMILES string of the molecule is CCOC(=O)CCn1c(=O)n(N)/c(=N\c2ccc(OC(C)C)c(Cl)c2)n(Cc2ccc(C)cc2)c1=O. The number of hydrogen-bond acceptors (Lipinski definition) is 7. The molecule has 0 radical (unpaired) electrons. The number of nitrogens with zero attached hydrogens (tertiary/aromatic N) is 4. The van der Waals surface area contributed by atoms with E-state index in [1.165, 1.54) is 4.57 Å². The van der Waals surface area contributed by atoms with Crippen LogP contribution in [0.5, 0.6) is 5.75 Å². The van der Waals surface area contributed by atoms with E-state index in [4.69, 9.17) is 26.9 Å². The first-order valence-electron chi connectivity index (χ1n) is 11.5. The second kappa shape index (κ2) is 11.8. The Morgan fingerprint density at radius 3 is 2.39 bits per heavy atom. The molecule has 0 saturated carbocycles. The van der Waals surface area contributed by atoms with E-state index in [-0.39, 0.29) is 37.8 Å². The maximum Gasteiger partial charge on any atom is 0.353 e. The molecule has 0 spiro atoms. The van der Waals surface area contributed by atoms with E-state index in [1.807, 2.05) is 45.0 Å². The van der Waals surface area contributed by atoms with Crippen molar-refractivity contribution in [1.29, 1.82) is 0 Å². The summed E-state index contributed by atoms with van der Waals surface area (Å²) in [6, 6.07) is 12.4. The number of rotatable bonds is 9. The molecule has 3 aromatic rings. The summed E-state index contributed by atoms with van der Waals surface area (Å²) in [6.45, 7) is 7.50. The quantitative estimate of drug-likeness (QED) is 0.345. The van der Waals surface area contributed by atoms with Gasteiger partial charge in [0.15, 0.2) is 0 Å². The van der Waals surface area contributed by atoms with Crippen molar-refractivity contribution in [2.45, 2.75) is 53.3 Å². The third-order valence-electron chi connectivity index (χ3n) is 5.17. The number of aromatic nitrogens is 3. The molecular formula is C25H30ClN5O5. The summed E-state index contributed by atoms with van der Waals surface area (Å²) in [6.07, 6.45) is -0.227. The van der Waals surface area contributed by atoms with Gasteiger partial charge in [0.25, 0.3) is 0 Å². The van der Waals surface area contributed by atoms with Gasteiger partial charge in [0.2, 0.25) is 5.62 Å². The van der Waals surface area contributed by atoms with E-state index >= 15 is 0 Å². The van der Waals surface area contributed by atoms with Crippen molar-refractivity contribution in [2.24, 2.45) is 4.99 Å². The van der Waals surface area contributed by atoms with E-state index in [0.717, 1.165) is 20.4 Å². The number of carbonyl (C=O) groups excluding carboxylic acids is 1. The lowest BCUT2D eigenvalue weighted by molar-refractivity contribution is -0.143. The smallest absolute Gasteiger partial charge is 0.353 e. The minimum absolute atomic E-state index is 0.0709. The van der Waals surface area contributed by atoms with Crippen LogP contribution in [0.1, 0.15) is 38.3 Å². The number of esters is 1. The van der Waals surface area contributed by atoms with Crippen LogP contribution in [0.4, 0.5) is 5.69 Å².